The minimum atomic E-state index is -4.40. The standard InChI is InChI=1S/C20H10F5NO/c21-14-6-7-15(16(22)10-14)19-26-17-8-3-12(9-18(17)27-19)11-1-4-13(5-2-11)20(23,24)25/h1-10H. The van der Waals surface area contributed by atoms with E-state index in [1.165, 1.54) is 18.2 Å². The SMILES string of the molecule is Fc1ccc(-c2nc3ccc(-c4ccc(C(F)(F)F)cc4)cc3o2)c(F)c1. The first-order valence-electron chi connectivity index (χ1n) is 7.85. The first-order valence-corrected chi connectivity index (χ1v) is 7.85. The lowest BCUT2D eigenvalue weighted by molar-refractivity contribution is -0.137. The summed E-state index contributed by atoms with van der Waals surface area (Å²) in [7, 11) is 0. The Kier molecular flexibility index (Phi) is 3.95. The van der Waals surface area contributed by atoms with E-state index in [0.29, 0.717) is 22.2 Å². The summed E-state index contributed by atoms with van der Waals surface area (Å²) in [4.78, 5) is 4.18. The molecule has 0 aliphatic carbocycles. The minimum absolute atomic E-state index is 0.00734. The molecule has 4 rings (SSSR count). The van der Waals surface area contributed by atoms with Crippen LogP contribution in [0.25, 0.3) is 33.7 Å². The van der Waals surface area contributed by atoms with Gasteiger partial charge in [0.05, 0.1) is 11.1 Å². The molecule has 1 heterocycles. The Bertz CT molecular complexity index is 1130. The van der Waals surface area contributed by atoms with Gasteiger partial charge >= 0.3 is 6.18 Å². The number of benzene rings is 3. The van der Waals surface area contributed by atoms with E-state index in [4.69, 9.17) is 4.42 Å². The topological polar surface area (TPSA) is 26.0 Å². The van der Waals surface area contributed by atoms with E-state index < -0.39 is 23.4 Å². The Labute approximate surface area is 149 Å². The number of hydrogen-bond acceptors (Lipinski definition) is 2. The van der Waals surface area contributed by atoms with Gasteiger partial charge in [0.15, 0.2) is 5.58 Å². The quantitative estimate of drug-likeness (QED) is 0.376. The van der Waals surface area contributed by atoms with Crippen molar-refractivity contribution in [3.05, 3.63) is 77.9 Å². The minimum Gasteiger partial charge on any atom is -0.436 e. The fraction of sp³-hybridized carbons (Fsp3) is 0.0500. The summed E-state index contributed by atoms with van der Waals surface area (Å²) >= 11 is 0. The molecule has 0 aliphatic rings. The molecule has 4 aromatic rings. The van der Waals surface area contributed by atoms with E-state index in [9.17, 15) is 22.0 Å². The summed E-state index contributed by atoms with van der Waals surface area (Å²) in [5, 5.41) is 0. The van der Waals surface area contributed by atoms with Crippen molar-refractivity contribution in [2.75, 3.05) is 0 Å². The molecule has 2 nitrogen and oxygen atoms in total. The predicted molar refractivity (Wildman–Crippen MR) is 89.8 cm³/mol. The molecule has 0 aliphatic heterocycles. The maximum atomic E-state index is 13.9. The van der Waals surface area contributed by atoms with Gasteiger partial charge in [-0.3, -0.25) is 0 Å². The second-order valence-corrected chi connectivity index (χ2v) is 5.90. The lowest BCUT2D eigenvalue weighted by Gasteiger charge is -2.07. The highest BCUT2D eigenvalue weighted by molar-refractivity contribution is 5.82. The maximum absolute atomic E-state index is 13.9. The zero-order valence-corrected chi connectivity index (χ0v) is 13.5. The molecule has 0 atom stereocenters. The number of rotatable bonds is 2. The summed E-state index contributed by atoms with van der Waals surface area (Å²) in [6.07, 6.45) is -4.40. The van der Waals surface area contributed by atoms with Gasteiger partial charge < -0.3 is 4.42 Å². The lowest BCUT2D eigenvalue weighted by atomic mass is 10.0. The molecule has 0 saturated heterocycles. The van der Waals surface area contributed by atoms with E-state index in [0.717, 1.165) is 24.3 Å². The van der Waals surface area contributed by atoms with Crippen LogP contribution in [0.4, 0.5) is 22.0 Å². The van der Waals surface area contributed by atoms with Crippen molar-refractivity contribution in [2.45, 2.75) is 6.18 Å². The van der Waals surface area contributed by atoms with E-state index in [1.54, 1.807) is 18.2 Å². The molecule has 0 bridgehead atoms. The molecule has 0 unspecified atom stereocenters. The zero-order valence-electron chi connectivity index (χ0n) is 13.5. The number of fused-ring (bicyclic) bond motifs is 1. The summed E-state index contributed by atoms with van der Waals surface area (Å²) in [6.45, 7) is 0. The summed E-state index contributed by atoms with van der Waals surface area (Å²) in [5.74, 6) is -1.52. The normalized spacial score (nSPS) is 11.9. The molecule has 0 spiro atoms. The Hall–Kier alpha value is -3.22. The second kappa shape index (κ2) is 6.19. The monoisotopic (exact) mass is 375 g/mol. The van der Waals surface area contributed by atoms with Gasteiger partial charge in [0.2, 0.25) is 5.89 Å². The van der Waals surface area contributed by atoms with Crippen molar-refractivity contribution in [3.63, 3.8) is 0 Å². The highest BCUT2D eigenvalue weighted by atomic mass is 19.4. The second-order valence-electron chi connectivity index (χ2n) is 5.90. The van der Waals surface area contributed by atoms with Crippen LogP contribution >= 0.6 is 0 Å². The molecular weight excluding hydrogens is 365 g/mol. The van der Waals surface area contributed by atoms with Crippen LogP contribution in [0.1, 0.15) is 5.56 Å². The third kappa shape index (κ3) is 3.28. The van der Waals surface area contributed by atoms with Crippen LogP contribution in [0, 0.1) is 11.6 Å². The molecule has 0 amide bonds. The predicted octanol–water partition coefficient (Wildman–Crippen LogP) is 6.46. The van der Waals surface area contributed by atoms with E-state index >= 15 is 0 Å². The van der Waals surface area contributed by atoms with Gasteiger partial charge in [-0.25, -0.2) is 13.8 Å². The summed E-state index contributed by atoms with van der Waals surface area (Å²) in [6, 6.07) is 12.7. The fourth-order valence-corrected chi connectivity index (χ4v) is 2.73. The molecule has 0 N–H and O–H groups in total. The maximum Gasteiger partial charge on any atom is 0.416 e. The van der Waals surface area contributed by atoms with Gasteiger partial charge in [-0.1, -0.05) is 18.2 Å². The van der Waals surface area contributed by atoms with Crippen LogP contribution in [0.3, 0.4) is 0 Å². The van der Waals surface area contributed by atoms with Crippen LogP contribution < -0.4 is 0 Å². The molecular formula is C20H10F5NO. The lowest BCUT2D eigenvalue weighted by Crippen LogP contribution is -2.03. The van der Waals surface area contributed by atoms with Gasteiger partial charge in [0.1, 0.15) is 17.2 Å². The van der Waals surface area contributed by atoms with Crippen LogP contribution in [-0.2, 0) is 6.18 Å². The number of halogens is 5. The van der Waals surface area contributed by atoms with E-state index in [2.05, 4.69) is 4.98 Å². The molecule has 3 aromatic carbocycles. The Morgan fingerprint density at radius 2 is 1.48 bits per heavy atom. The third-order valence-corrected chi connectivity index (χ3v) is 4.10. The summed E-state index contributed by atoms with van der Waals surface area (Å²) in [5.41, 5.74) is 1.26. The Morgan fingerprint density at radius 1 is 0.778 bits per heavy atom. The largest absolute Gasteiger partial charge is 0.436 e. The number of alkyl halides is 3. The number of hydrogen-bond donors (Lipinski definition) is 0. The van der Waals surface area contributed by atoms with Gasteiger partial charge in [-0.05, 0) is 47.5 Å². The van der Waals surface area contributed by atoms with Crippen LogP contribution in [0.15, 0.2) is 65.1 Å². The van der Waals surface area contributed by atoms with Crippen molar-refractivity contribution in [1.29, 1.82) is 0 Å². The van der Waals surface area contributed by atoms with Gasteiger partial charge in [0, 0.05) is 6.07 Å². The number of nitrogens with zero attached hydrogens (tertiary/aromatic N) is 1. The van der Waals surface area contributed by atoms with Gasteiger partial charge in [0.25, 0.3) is 0 Å². The van der Waals surface area contributed by atoms with Crippen molar-refractivity contribution in [3.8, 4) is 22.6 Å². The smallest absolute Gasteiger partial charge is 0.416 e. The molecule has 7 heteroatoms. The summed E-state index contributed by atoms with van der Waals surface area (Å²) < 4.78 is 70.5. The van der Waals surface area contributed by atoms with Crippen molar-refractivity contribution >= 4 is 11.1 Å². The Balaban J connectivity index is 1.72. The molecule has 0 saturated carbocycles. The fourth-order valence-electron chi connectivity index (χ4n) is 2.73. The molecule has 1 aromatic heterocycles. The van der Waals surface area contributed by atoms with E-state index in [-0.39, 0.29) is 11.5 Å². The zero-order chi connectivity index (χ0) is 19.2. The molecule has 0 fully saturated rings. The van der Waals surface area contributed by atoms with Crippen LogP contribution in [-0.4, -0.2) is 4.98 Å². The first-order chi connectivity index (χ1) is 12.8. The van der Waals surface area contributed by atoms with E-state index in [1.807, 2.05) is 0 Å². The van der Waals surface area contributed by atoms with Crippen LogP contribution in [0.5, 0.6) is 0 Å². The molecule has 27 heavy (non-hydrogen) atoms. The van der Waals surface area contributed by atoms with Gasteiger partial charge in [-0.15, -0.1) is 0 Å². The first kappa shape index (κ1) is 17.2. The number of aromatic nitrogens is 1. The third-order valence-electron chi connectivity index (χ3n) is 4.10. The Morgan fingerprint density at radius 3 is 2.15 bits per heavy atom. The van der Waals surface area contributed by atoms with Crippen LogP contribution in [0.2, 0.25) is 0 Å². The van der Waals surface area contributed by atoms with Crippen molar-refractivity contribution in [1.82, 2.24) is 4.98 Å². The highest BCUT2D eigenvalue weighted by Gasteiger charge is 2.30. The molecule has 0 radical (unpaired) electrons. The van der Waals surface area contributed by atoms with Crippen molar-refractivity contribution in [2.24, 2.45) is 0 Å². The average Bonchev–Trinajstić information content (AvgIpc) is 3.04. The average molecular weight is 375 g/mol. The van der Waals surface area contributed by atoms with Crippen molar-refractivity contribution < 1.29 is 26.4 Å². The highest BCUT2D eigenvalue weighted by Crippen LogP contribution is 2.33. The number of oxazole rings is 1. The molecule has 136 valence electrons. The van der Waals surface area contributed by atoms with Gasteiger partial charge in [-0.2, -0.15) is 13.2 Å².